The Balaban J connectivity index is 2.07. The number of halogens is 1. The number of rotatable bonds is 6. The van der Waals surface area contributed by atoms with E-state index in [0.717, 1.165) is 11.3 Å². The van der Waals surface area contributed by atoms with Gasteiger partial charge in [0.15, 0.2) is 14.0 Å². The number of nitriles is 1. The van der Waals surface area contributed by atoms with Crippen LogP contribution in [0.2, 0.25) is 23.2 Å². The van der Waals surface area contributed by atoms with Crippen LogP contribution in [0.15, 0.2) is 24.7 Å². The quantitative estimate of drug-likeness (QED) is 0.427. The van der Waals surface area contributed by atoms with E-state index in [2.05, 4.69) is 61.7 Å². The van der Waals surface area contributed by atoms with Gasteiger partial charge in [-0.25, -0.2) is 15.0 Å². The summed E-state index contributed by atoms with van der Waals surface area (Å²) in [6.45, 7) is 15.8. The molecule has 0 aromatic carbocycles. The number of nitrogens with zero attached hydrogens (tertiary/aromatic N) is 6. The number of fused-ring (bicyclic) bond motifs is 1. The molecule has 0 fully saturated rings. The Morgan fingerprint density at radius 1 is 1.28 bits per heavy atom. The zero-order chi connectivity index (χ0) is 23.8. The van der Waals surface area contributed by atoms with Crippen LogP contribution in [-0.2, 0) is 11.5 Å². The van der Waals surface area contributed by atoms with Gasteiger partial charge in [-0.05, 0) is 43.6 Å². The van der Waals surface area contributed by atoms with Crippen molar-refractivity contribution in [3.63, 3.8) is 0 Å². The summed E-state index contributed by atoms with van der Waals surface area (Å²) in [4.78, 5) is 15.6. The molecule has 170 valence electrons. The van der Waals surface area contributed by atoms with Crippen molar-refractivity contribution >= 4 is 42.6 Å². The van der Waals surface area contributed by atoms with Gasteiger partial charge in [0, 0.05) is 19.7 Å². The van der Waals surface area contributed by atoms with Crippen LogP contribution < -0.4 is 4.90 Å². The van der Waals surface area contributed by atoms with Crippen LogP contribution in [0.25, 0.3) is 11.2 Å². The van der Waals surface area contributed by atoms with Gasteiger partial charge in [-0.2, -0.15) is 5.26 Å². The maximum Gasteiger partial charge on any atom is 0.192 e. The maximum absolute atomic E-state index is 9.24. The molecule has 0 saturated carbocycles. The minimum absolute atomic E-state index is 0.0613. The highest BCUT2D eigenvalue weighted by molar-refractivity contribution is 6.74. The summed E-state index contributed by atoms with van der Waals surface area (Å²) < 4.78 is 8.48. The number of imidazole rings is 1. The van der Waals surface area contributed by atoms with Gasteiger partial charge in [0.2, 0.25) is 0 Å². The molecule has 0 aliphatic rings. The third kappa shape index (κ3) is 4.80. The molecule has 3 aromatic rings. The van der Waals surface area contributed by atoms with Gasteiger partial charge in [-0.15, -0.1) is 0 Å². The number of aromatic nitrogens is 4. The molecular weight excluding hydrogens is 440 g/mol. The van der Waals surface area contributed by atoms with Gasteiger partial charge >= 0.3 is 0 Å². The second-order valence-electron chi connectivity index (χ2n) is 9.76. The van der Waals surface area contributed by atoms with Crippen LogP contribution in [0.4, 0.5) is 11.5 Å². The summed E-state index contributed by atoms with van der Waals surface area (Å²) >= 11 is 6.57. The second-order valence-corrected chi connectivity index (χ2v) is 14.9. The summed E-state index contributed by atoms with van der Waals surface area (Å²) in [5.74, 6) is 0.686. The summed E-state index contributed by atoms with van der Waals surface area (Å²) in [6.07, 6.45) is 3.36. The van der Waals surface area contributed by atoms with Crippen molar-refractivity contribution in [3.8, 4) is 6.07 Å². The minimum Gasteiger partial charge on any atom is -0.412 e. The summed E-state index contributed by atoms with van der Waals surface area (Å²) in [5, 5.41) is 9.88. The standard InChI is InChI=1S/C23H31ClN6OSi/c1-15-9-17(11-25)26-12-19(15)30(13-16(2)31-32(7,8)23(3,4)5)20-10-18(24)21-22(28-20)29(6)14-27-21/h9-10,12,14,16H,13H2,1-8H3. The monoisotopic (exact) mass is 470 g/mol. The van der Waals surface area contributed by atoms with Gasteiger partial charge in [0.25, 0.3) is 0 Å². The van der Waals surface area contributed by atoms with Crippen molar-refractivity contribution in [2.75, 3.05) is 11.4 Å². The SMILES string of the molecule is Cc1cc(C#N)ncc1N(CC(C)O[Si](C)(C)C(C)(C)C)c1cc(Cl)c2ncn(C)c2n1. The smallest absolute Gasteiger partial charge is 0.192 e. The molecule has 0 amide bonds. The first-order chi connectivity index (χ1) is 14.8. The summed E-state index contributed by atoms with van der Waals surface area (Å²) in [6, 6.07) is 5.71. The lowest BCUT2D eigenvalue weighted by Gasteiger charge is -2.39. The highest BCUT2D eigenvalue weighted by Crippen LogP contribution is 2.38. The molecule has 3 rings (SSSR count). The van der Waals surface area contributed by atoms with Crippen molar-refractivity contribution in [1.82, 2.24) is 19.5 Å². The first-order valence-corrected chi connectivity index (χ1v) is 13.9. The van der Waals surface area contributed by atoms with Crippen molar-refractivity contribution in [2.45, 2.75) is 58.9 Å². The van der Waals surface area contributed by atoms with Crippen LogP contribution in [0.5, 0.6) is 0 Å². The van der Waals surface area contributed by atoms with E-state index >= 15 is 0 Å². The Bertz CT molecular complexity index is 1180. The Morgan fingerprint density at radius 2 is 1.97 bits per heavy atom. The Kier molecular flexibility index (Phi) is 6.66. The second kappa shape index (κ2) is 8.81. The third-order valence-corrected chi connectivity index (χ3v) is 11.0. The molecule has 0 N–H and O–H groups in total. The first-order valence-electron chi connectivity index (χ1n) is 10.6. The van der Waals surface area contributed by atoms with Crippen LogP contribution in [0.1, 0.15) is 39.0 Å². The maximum atomic E-state index is 9.24. The molecule has 7 nitrogen and oxygen atoms in total. The number of pyridine rings is 2. The van der Waals surface area contributed by atoms with E-state index in [-0.39, 0.29) is 11.1 Å². The molecule has 0 aliphatic heterocycles. The summed E-state index contributed by atoms with van der Waals surface area (Å²) in [7, 11) is -0.0704. The molecule has 0 aliphatic carbocycles. The highest BCUT2D eigenvalue weighted by atomic mass is 35.5. The number of hydrogen-bond acceptors (Lipinski definition) is 6. The Labute approximate surface area is 196 Å². The van der Waals surface area contributed by atoms with E-state index in [1.807, 2.05) is 24.6 Å². The van der Waals surface area contributed by atoms with E-state index in [1.54, 1.807) is 18.6 Å². The van der Waals surface area contributed by atoms with Crippen molar-refractivity contribution < 1.29 is 4.43 Å². The molecule has 0 saturated heterocycles. The fourth-order valence-corrected chi connectivity index (χ4v) is 5.03. The van der Waals surface area contributed by atoms with E-state index < -0.39 is 8.32 Å². The largest absolute Gasteiger partial charge is 0.412 e. The topological polar surface area (TPSA) is 79.9 Å². The zero-order valence-corrected chi connectivity index (χ0v) is 21.8. The summed E-state index contributed by atoms with van der Waals surface area (Å²) in [5.41, 5.74) is 3.54. The van der Waals surface area contributed by atoms with Gasteiger partial charge in [-0.1, -0.05) is 32.4 Å². The number of hydrogen-bond donors (Lipinski definition) is 0. The predicted molar refractivity (Wildman–Crippen MR) is 132 cm³/mol. The van der Waals surface area contributed by atoms with Gasteiger partial charge in [0.05, 0.1) is 29.3 Å². The molecule has 0 spiro atoms. The molecule has 1 unspecified atom stereocenters. The number of aryl methyl sites for hydroxylation is 2. The Hall–Kier alpha value is -2.47. The van der Waals surface area contributed by atoms with E-state index in [9.17, 15) is 5.26 Å². The molecule has 3 aromatic heterocycles. The average molecular weight is 471 g/mol. The lowest BCUT2D eigenvalue weighted by molar-refractivity contribution is 0.206. The third-order valence-electron chi connectivity index (χ3n) is 6.12. The van der Waals surface area contributed by atoms with Crippen molar-refractivity contribution in [2.24, 2.45) is 7.05 Å². The zero-order valence-electron chi connectivity index (χ0n) is 20.1. The molecule has 0 bridgehead atoms. The fraction of sp³-hybridized carbons (Fsp3) is 0.478. The van der Waals surface area contributed by atoms with E-state index in [0.29, 0.717) is 34.2 Å². The molecule has 3 heterocycles. The molecular formula is C23H31ClN6OSi. The fourth-order valence-electron chi connectivity index (χ4n) is 3.37. The molecule has 0 radical (unpaired) electrons. The van der Waals surface area contributed by atoms with Gasteiger partial charge in [-0.3, -0.25) is 0 Å². The van der Waals surface area contributed by atoms with Gasteiger partial charge < -0.3 is 13.9 Å². The van der Waals surface area contributed by atoms with E-state index in [4.69, 9.17) is 21.0 Å². The van der Waals surface area contributed by atoms with Crippen molar-refractivity contribution in [3.05, 3.63) is 40.9 Å². The highest BCUT2D eigenvalue weighted by Gasteiger charge is 2.38. The number of anilines is 2. The molecule has 1 atom stereocenters. The minimum atomic E-state index is -1.96. The van der Waals surface area contributed by atoms with Crippen LogP contribution >= 0.6 is 11.6 Å². The lowest BCUT2D eigenvalue weighted by atomic mass is 10.2. The van der Waals surface area contributed by atoms with Crippen LogP contribution in [-0.4, -0.2) is 40.5 Å². The van der Waals surface area contributed by atoms with E-state index in [1.165, 1.54) is 0 Å². The average Bonchev–Trinajstić information content (AvgIpc) is 3.06. The van der Waals surface area contributed by atoms with Crippen LogP contribution in [0, 0.1) is 18.3 Å². The van der Waals surface area contributed by atoms with Gasteiger partial charge in [0.1, 0.15) is 23.1 Å². The molecule has 9 heteroatoms. The first kappa shape index (κ1) is 24.2. The lowest BCUT2D eigenvalue weighted by Crippen LogP contribution is -2.45. The Morgan fingerprint density at radius 3 is 2.56 bits per heavy atom. The molecule has 32 heavy (non-hydrogen) atoms. The predicted octanol–water partition coefficient (Wildman–Crippen LogP) is 5.75. The normalized spacial score (nSPS) is 13.2. The van der Waals surface area contributed by atoms with Crippen molar-refractivity contribution in [1.29, 1.82) is 5.26 Å². The van der Waals surface area contributed by atoms with Crippen LogP contribution in [0.3, 0.4) is 0 Å².